The maximum atomic E-state index is 13.2. The van der Waals surface area contributed by atoms with Gasteiger partial charge in [0.25, 0.3) is 0 Å². The molecule has 0 radical (unpaired) electrons. The Kier molecular flexibility index (Phi) is 6.36. The SMILES string of the molecule is C=CCOC(=O)O[C@H](C)[C@H]1C(=O)N2C(C(=O)OCC=C)=C(c3ccc4c(c3)sc3ccccc34)C[C@H]12. The lowest BCUT2D eigenvalue weighted by atomic mass is 9.82. The predicted molar refractivity (Wildman–Crippen MR) is 138 cm³/mol. The van der Waals surface area contributed by atoms with E-state index in [1.165, 1.54) is 27.1 Å². The first-order chi connectivity index (χ1) is 17.4. The summed E-state index contributed by atoms with van der Waals surface area (Å²) in [7, 11) is 0. The molecule has 7 nitrogen and oxygen atoms in total. The third kappa shape index (κ3) is 3.97. The molecule has 1 aromatic heterocycles. The molecule has 1 amide bonds. The van der Waals surface area contributed by atoms with Crippen LogP contribution in [0.1, 0.15) is 18.9 Å². The molecule has 2 aliphatic rings. The zero-order valence-corrected chi connectivity index (χ0v) is 20.6. The zero-order valence-electron chi connectivity index (χ0n) is 19.8. The first-order valence-electron chi connectivity index (χ1n) is 11.6. The van der Waals surface area contributed by atoms with Gasteiger partial charge in [0.15, 0.2) is 0 Å². The van der Waals surface area contributed by atoms with Gasteiger partial charge in [-0.25, -0.2) is 9.59 Å². The molecule has 184 valence electrons. The summed E-state index contributed by atoms with van der Waals surface area (Å²) in [5, 5.41) is 2.33. The van der Waals surface area contributed by atoms with E-state index >= 15 is 0 Å². The molecule has 2 aliphatic heterocycles. The molecule has 36 heavy (non-hydrogen) atoms. The van der Waals surface area contributed by atoms with E-state index in [2.05, 4.69) is 37.4 Å². The Morgan fingerprint density at radius 3 is 2.58 bits per heavy atom. The van der Waals surface area contributed by atoms with E-state index in [4.69, 9.17) is 14.2 Å². The van der Waals surface area contributed by atoms with Crippen LogP contribution >= 0.6 is 11.3 Å². The second kappa shape index (κ2) is 9.62. The van der Waals surface area contributed by atoms with Gasteiger partial charge < -0.3 is 19.1 Å². The molecule has 8 heteroatoms. The normalized spacial score (nSPS) is 19.6. The number of carbonyl (C=O) groups excluding carboxylic acids is 3. The average Bonchev–Trinajstić information content (AvgIpc) is 3.41. The van der Waals surface area contributed by atoms with Gasteiger partial charge in [-0.05, 0) is 36.6 Å². The van der Waals surface area contributed by atoms with Crippen LogP contribution in [-0.2, 0) is 23.8 Å². The van der Waals surface area contributed by atoms with Crippen LogP contribution < -0.4 is 0 Å². The summed E-state index contributed by atoms with van der Waals surface area (Å²) >= 11 is 1.68. The van der Waals surface area contributed by atoms with Gasteiger partial charge in [-0.1, -0.05) is 55.6 Å². The van der Waals surface area contributed by atoms with E-state index < -0.39 is 24.1 Å². The lowest BCUT2D eigenvalue weighted by Crippen LogP contribution is -2.62. The van der Waals surface area contributed by atoms with Crippen molar-refractivity contribution in [2.45, 2.75) is 25.5 Å². The van der Waals surface area contributed by atoms with Crippen LogP contribution in [0.25, 0.3) is 25.7 Å². The Morgan fingerprint density at radius 2 is 1.81 bits per heavy atom. The van der Waals surface area contributed by atoms with Gasteiger partial charge in [-0.3, -0.25) is 4.79 Å². The highest BCUT2D eigenvalue weighted by atomic mass is 32.1. The number of carbonyl (C=O) groups is 3. The molecule has 0 spiro atoms. The molecule has 0 N–H and O–H groups in total. The van der Waals surface area contributed by atoms with Gasteiger partial charge >= 0.3 is 12.1 Å². The molecule has 2 aromatic carbocycles. The molecule has 1 saturated heterocycles. The molecule has 0 bridgehead atoms. The number of ether oxygens (including phenoxy) is 3. The van der Waals surface area contributed by atoms with E-state index in [-0.39, 0.29) is 30.9 Å². The highest BCUT2D eigenvalue weighted by Crippen LogP contribution is 2.48. The molecule has 3 heterocycles. The van der Waals surface area contributed by atoms with Crippen LogP contribution in [0.3, 0.4) is 0 Å². The van der Waals surface area contributed by atoms with Crippen LogP contribution in [-0.4, -0.2) is 48.3 Å². The van der Waals surface area contributed by atoms with Crippen molar-refractivity contribution in [1.82, 2.24) is 4.90 Å². The average molecular weight is 504 g/mol. The largest absolute Gasteiger partial charge is 0.508 e. The summed E-state index contributed by atoms with van der Waals surface area (Å²) in [6.45, 7) is 8.81. The van der Waals surface area contributed by atoms with Crippen LogP contribution in [0.15, 0.2) is 73.5 Å². The monoisotopic (exact) mass is 503 g/mol. The second-order valence-corrected chi connectivity index (χ2v) is 9.79. The van der Waals surface area contributed by atoms with Gasteiger partial charge in [0.1, 0.15) is 25.0 Å². The van der Waals surface area contributed by atoms with Crippen molar-refractivity contribution in [2.24, 2.45) is 5.92 Å². The van der Waals surface area contributed by atoms with E-state index in [9.17, 15) is 14.4 Å². The van der Waals surface area contributed by atoms with Crippen molar-refractivity contribution in [3.05, 3.63) is 79.0 Å². The van der Waals surface area contributed by atoms with Crippen molar-refractivity contribution < 1.29 is 28.6 Å². The summed E-state index contributed by atoms with van der Waals surface area (Å²) in [6, 6.07) is 14.0. The number of benzene rings is 2. The highest BCUT2D eigenvalue weighted by molar-refractivity contribution is 7.25. The van der Waals surface area contributed by atoms with Crippen molar-refractivity contribution in [3.63, 3.8) is 0 Å². The van der Waals surface area contributed by atoms with Gasteiger partial charge in [0.05, 0.1) is 12.0 Å². The number of β-lactam (4-membered cyclic amide) rings is 1. The topological polar surface area (TPSA) is 82.1 Å². The lowest BCUT2D eigenvalue weighted by molar-refractivity contribution is -0.162. The van der Waals surface area contributed by atoms with Crippen molar-refractivity contribution >= 4 is 55.1 Å². The predicted octanol–water partition coefficient (Wildman–Crippen LogP) is 5.45. The van der Waals surface area contributed by atoms with Crippen LogP contribution in [0.2, 0.25) is 0 Å². The molecule has 3 aromatic rings. The zero-order chi connectivity index (χ0) is 25.4. The molecule has 5 rings (SSSR count). The Bertz CT molecular complexity index is 1440. The number of hydrogen-bond donors (Lipinski definition) is 0. The minimum Gasteiger partial charge on any atom is -0.457 e. The fourth-order valence-electron chi connectivity index (χ4n) is 5.00. The Hall–Kier alpha value is -3.91. The fourth-order valence-corrected chi connectivity index (χ4v) is 6.15. The van der Waals surface area contributed by atoms with E-state index in [0.29, 0.717) is 6.42 Å². The number of thiophene rings is 1. The molecule has 1 fully saturated rings. The van der Waals surface area contributed by atoms with E-state index in [0.717, 1.165) is 21.2 Å². The van der Waals surface area contributed by atoms with Crippen molar-refractivity contribution in [2.75, 3.05) is 13.2 Å². The van der Waals surface area contributed by atoms with E-state index in [1.54, 1.807) is 18.3 Å². The lowest BCUT2D eigenvalue weighted by Gasteiger charge is -2.45. The molecular weight excluding hydrogens is 478 g/mol. The third-order valence-electron chi connectivity index (χ3n) is 6.57. The minimum absolute atomic E-state index is 0.0188. The highest BCUT2D eigenvalue weighted by Gasteiger charge is 2.58. The van der Waals surface area contributed by atoms with E-state index in [1.807, 2.05) is 18.2 Å². The van der Waals surface area contributed by atoms with Gasteiger partial charge in [0.2, 0.25) is 5.91 Å². The quantitative estimate of drug-likeness (QED) is 0.231. The number of fused-ring (bicyclic) bond motifs is 4. The standard InChI is InChI=1S/C28H25NO6S/c1-4-12-33-27(31)25-20(17-10-11-19-18-8-6-7-9-22(18)36-23(19)14-17)15-21-24(26(30)29(21)25)16(3)35-28(32)34-13-5-2/h4-11,14,16,21,24H,1-2,12-13,15H2,3H3/t16-,21-,24-/m1/s1. The second-order valence-electron chi connectivity index (χ2n) is 8.70. The minimum atomic E-state index is -0.861. The third-order valence-corrected chi connectivity index (χ3v) is 7.70. The molecular formula is C28H25NO6S. The maximum absolute atomic E-state index is 13.2. The summed E-state index contributed by atoms with van der Waals surface area (Å²) in [5.41, 5.74) is 1.84. The number of hydrogen-bond acceptors (Lipinski definition) is 7. The Labute approximate surface area is 212 Å². The Morgan fingerprint density at radius 1 is 1.08 bits per heavy atom. The number of rotatable bonds is 8. The van der Waals surface area contributed by atoms with Crippen LogP contribution in [0, 0.1) is 5.92 Å². The smallest absolute Gasteiger partial charge is 0.457 e. The van der Waals surface area contributed by atoms with Gasteiger partial charge in [0, 0.05) is 20.2 Å². The van der Waals surface area contributed by atoms with Gasteiger partial charge in [-0.15, -0.1) is 11.3 Å². The Balaban J connectivity index is 1.48. The van der Waals surface area contributed by atoms with Crippen molar-refractivity contribution in [3.8, 4) is 0 Å². The van der Waals surface area contributed by atoms with Crippen molar-refractivity contribution in [1.29, 1.82) is 0 Å². The maximum Gasteiger partial charge on any atom is 0.508 e. The first-order valence-corrected chi connectivity index (χ1v) is 12.5. The summed E-state index contributed by atoms with van der Waals surface area (Å²) in [6.07, 6.45) is 1.79. The summed E-state index contributed by atoms with van der Waals surface area (Å²) < 4.78 is 17.8. The van der Waals surface area contributed by atoms with Crippen LogP contribution in [0.5, 0.6) is 0 Å². The number of nitrogens with zero attached hydrogens (tertiary/aromatic N) is 1. The first kappa shape index (κ1) is 23.8. The van der Waals surface area contributed by atoms with Gasteiger partial charge in [-0.2, -0.15) is 0 Å². The number of amides is 1. The fraction of sp³-hybridized carbons (Fsp3) is 0.250. The molecule has 0 saturated carbocycles. The van der Waals surface area contributed by atoms with Crippen LogP contribution in [0.4, 0.5) is 4.79 Å². The summed E-state index contributed by atoms with van der Waals surface area (Å²) in [5.74, 6) is -1.45. The molecule has 0 unspecified atom stereocenters. The number of esters is 1. The molecule has 3 atom stereocenters. The molecule has 0 aliphatic carbocycles. The summed E-state index contributed by atoms with van der Waals surface area (Å²) in [4.78, 5) is 39.7.